The van der Waals surface area contributed by atoms with Crippen LogP contribution in [0, 0.1) is 5.82 Å². The highest BCUT2D eigenvalue weighted by atomic mass is 32.2. The van der Waals surface area contributed by atoms with E-state index >= 15 is 0 Å². The lowest BCUT2D eigenvalue weighted by molar-refractivity contribution is -0.143. The van der Waals surface area contributed by atoms with Gasteiger partial charge in [0.05, 0.1) is 18.6 Å². The molecule has 1 atom stereocenters. The van der Waals surface area contributed by atoms with Gasteiger partial charge in [-0.2, -0.15) is 0 Å². The van der Waals surface area contributed by atoms with Crippen LogP contribution in [0.2, 0.25) is 0 Å². The van der Waals surface area contributed by atoms with Crippen molar-refractivity contribution in [2.75, 3.05) is 17.6 Å². The third-order valence-corrected chi connectivity index (χ3v) is 3.72. The summed E-state index contributed by atoms with van der Waals surface area (Å²) in [5.41, 5.74) is 0.564. The Labute approximate surface area is 147 Å². The molecule has 7 heteroatoms. The van der Waals surface area contributed by atoms with E-state index in [1.165, 1.54) is 12.1 Å². The van der Waals surface area contributed by atoms with Crippen LogP contribution < -0.4 is 4.72 Å². The first-order chi connectivity index (χ1) is 11.7. The Morgan fingerprint density at radius 1 is 1.40 bits per heavy atom. The minimum atomic E-state index is -3.61. The molecule has 0 aliphatic heterocycles. The number of ether oxygens (including phenoxy) is 1. The monoisotopic (exact) mass is 367 g/mol. The highest BCUT2D eigenvalue weighted by molar-refractivity contribution is 7.92. The minimum absolute atomic E-state index is 0.178. The van der Waals surface area contributed by atoms with Crippen LogP contribution in [0.3, 0.4) is 0 Å². The number of carbonyl (C=O) groups is 1. The zero-order valence-corrected chi connectivity index (χ0v) is 15.3. The molecule has 0 aromatic heterocycles. The van der Waals surface area contributed by atoms with Gasteiger partial charge in [0.25, 0.3) is 0 Å². The van der Waals surface area contributed by atoms with Crippen molar-refractivity contribution < 1.29 is 22.3 Å². The van der Waals surface area contributed by atoms with Gasteiger partial charge < -0.3 is 4.74 Å². The molecule has 1 unspecified atom stereocenters. The second kappa shape index (κ2) is 9.17. The molecule has 25 heavy (non-hydrogen) atoms. The molecule has 5 nitrogen and oxygen atoms in total. The zero-order chi connectivity index (χ0) is 19.0. The second-order valence-corrected chi connectivity index (χ2v) is 7.01. The molecular formula is C18H22FNO4S. The fourth-order valence-electron chi connectivity index (χ4n) is 2.11. The van der Waals surface area contributed by atoms with Crippen molar-refractivity contribution in [3.05, 3.63) is 66.0 Å². The first kappa shape index (κ1) is 20.6. The summed E-state index contributed by atoms with van der Waals surface area (Å²) >= 11 is 0. The molecule has 1 N–H and O–H groups in total. The maximum Gasteiger partial charge on any atom is 0.317 e. The summed E-state index contributed by atoms with van der Waals surface area (Å²) < 4.78 is 43.8. The summed E-state index contributed by atoms with van der Waals surface area (Å²) in [5, 5.41) is 0. The Bertz CT molecular complexity index is 797. The molecule has 1 aromatic carbocycles. The fourth-order valence-corrected chi connectivity index (χ4v) is 2.67. The molecule has 0 saturated heterocycles. The first-order valence-corrected chi connectivity index (χ1v) is 9.50. The number of rotatable bonds is 8. The maximum atomic E-state index is 14.2. The van der Waals surface area contributed by atoms with Gasteiger partial charge in [-0.1, -0.05) is 36.9 Å². The van der Waals surface area contributed by atoms with Gasteiger partial charge in [0, 0.05) is 0 Å². The molecule has 0 heterocycles. The third-order valence-electron chi connectivity index (χ3n) is 3.13. The SMILES string of the molecule is C=C(/C=C\C=C/C)C(C(=O)OCC)c1ccc(NS(C)(=O)=O)c(F)c1. The molecule has 0 spiro atoms. The van der Waals surface area contributed by atoms with Gasteiger partial charge in [0.2, 0.25) is 10.0 Å². The number of esters is 1. The molecule has 0 amide bonds. The number of allylic oxidation sites excluding steroid dienone is 4. The Kier molecular flexibility index (Phi) is 7.57. The topological polar surface area (TPSA) is 72.5 Å². The van der Waals surface area contributed by atoms with Gasteiger partial charge in [-0.05, 0) is 37.1 Å². The van der Waals surface area contributed by atoms with Gasteiger partial charge in [-0.15, -0.1) is 0 Å². The molecule has 0 bridgehead atoms. The molecule has 0 fully saturated rings. The molecule has 0 aliphatic carbocycles. The van der Waals surface area contributed by atoms with E-state index < -0.39 is 27.7 Å². The number of anilines is 1. The van der Waals surface area contributed by atoms with E-state index in [2.05, 4.69) is 11.3 Å². The fraction of sp³-hybridized carbons (Fsp3) is 0.278. The van der Waals surface area contributed by atoms with Gasteiger partial charge in [-0.3, -0.25) is 9.52 Å². The lowest BCUT2D eigenvalue weighted by Crippen LogP contribution is -2.18. The largest absolute Gasteiger partial charge is 0.465 e. The van der Waals surface area contributed by atoms with Crippen LogP contribution in [0.15, 0.2) is 54.7 Å². The van der Waals surface area contributed by atoms with Crippen molar-refractivity contribution in [2.24, 2.45) is 0 Å². The summed E-state index contributed by atoms with van der Waals surface area (Å²) in [6.07, 6.45) is 7.86. The predicted molar refractivity (Wildman–Crippen MR) is 97.3 cm³/mol. The molecule has 0 radical (unpaired) electrons. The maximum absolute atomic E-state index is 14.2. The number of nitrogens with one attached hydrogen (secondary N) is 1. The van der Waals surface area contributed by atoms with Crippen LogP contribution in [0.1, 0.15) is 25.3 Å². The highest BCUT2D eigenvalue weighted by Gasteiger charge is 2.25. The summed E-state index contributed by atoms with van der Waals surface area (Å²) in [6, 6.07) is 3.83. The Morgan fingerprint density at radius 3 is 2.60 bits per heavy atom. The van der Waals surface area contributed by atoms with Crippen LogP contribution in [-0.2, 0) is 19.6 Å². The van der Waals surface area contributed by atoms with Gasteiger partial charge in [0.15, 0.2) is 0 Å². The van der Waals surface area contributed by atoms with E-state index in [4.69, 9.17) is 4.74 Å². The molecule has 136 valence electrons. The number of hydrogen-bond acceptors (Lipinski definition) is 4. The van der Waals surface area contributed by atoms with E-state index in [-0.39, 0.29) is 12.3 Å². The number of carbonyl (C=O) groups excluding carboxylic acids is 1. The van der Waals surface area contributed by atoms with Gasteiger partial charge >= 0.3 is 5.97 Å². The average molecular weight is 367 g/mol. The third kappa shape index (κ3) is 6.54. The number of benzene rings is 1. The Balaban J connectivity index is 3.24. The summed E-state index contributed by atoms with van der Waals surface area (Å²) in [7, 11) is -3.61. The van der Waals surface area contributed by atoms with Crippen molar-refractivity contribution in [3.63, 3.8) is 0 Å². The molecule has 0 saturated carbocycles. The number of sulfonamides is 1. The number of halogens is 1. The number of hydrogen-bond donors (Lipinski definition) is 1. The minimum Gasteiger partial charge on any atom is -0.465 e. The lowest BCUT2D eigenvalue weighted by Gasteiger charge is -2.17. The average Bonchev–Trinajstić information content (AvgIpc) is 2.49. The molecular weight excluding hydrogens is 345 g/mol. The quantitative estimate of drug-likeness (QED) is 0.563. The summed E-state index contributed by atoms with van der Waals surface area (Å²) in [6.45, 7) is 7.56. The van der Waals surface area contributed by atoms with Crippen LogP contribution in [-0.4, -0.2) is 27.2 Å². The van der Waals surface area contributed by atoms with Crippen LogP contribution in [0.25, 0.3) is 0 Å². The molecule has 0 aliphatic rings. The Hall–Kier alpha value is -2.41. The Morgan fingerprint density at radius 2 is 2.08 bits per heavy atom. The lowest BCUT2D eigenvalue weighted by atomic mass is 9.91. The normalized spacial score (nSPS) is 13.1. The van der Waals surface area contributed by atoms with Crippen LogP contribution in [0.4, 0.5) is 10.1 Å². The highest BCUT2D eigenvalue weighted by Crippen LogP contribution is 2.29. The van der Waals surface area contributed by atoms with E-state index in [1.54, 1.807) is 25.2 Å². The molecule has 1 rings (SSSR count). The van der Waals surface area contributed by atoms with Gasteiger partial charge in [0.1, 0.15) is 11.7 Å². The smallest absolute Gasteiger partial charge is 0.317 e. The van der Waals surface area contributed by atoms with E-state index in [9.17, 15) is 17.6 Å². The van der Waals surface area contributed by atoms with Crippen molar-refractivity contribution >= 4 is 21.7 Å². The van der Waals surface area contributed by atoms with Crippen molar-refractivity contribution in [1.29, 1.82) is 0 Å². The van der Waals surface area contributed by atoms with E-state index in [0.717, 1.165) is 12.3 Å². The van der Waals surface area contributed by atoms with Crippen molar-refractivity contribution in [2.45, 2.75) is 19.8 Å². The van der Waals surface area contributed by atoms with E-state index in [1.807, 2.05) is 13.0 Å². The van der Waals surface area contributed by atoms with Crippen molar-refractivity contribution in [1.82, 2.24) is 0 Å². The van der Waals surface area contributed by atoms with E-state index in [0.29, 0.717) is 11.1 Å². The van der Waals surface area contributed by atoms with Crippen molar-refractivity contribution in [3.8, 4) is 0 Å². The van der Waals surface area contributed by atoms with Gasteiger partial charge in [-0.25, -0.2) is 12.8 Å². The standard InChI is InChI=1S/C18H22FNO4S/c1-5-7-8-9-13(3)17(18(21)24-6-2)14-10-11-16(15(19)12-14)20-25(4,22)23/h5,7-12,17,20H,3,6H2,1-2,4H3/b7-5-,9-8-. The summed E-state index contributed by atoms with van der Waals surface area (Å²) in [4.78, 5) is 12.3. The second-order valence-electron chi connectivity index (χ2n) is 5.26. The predicted octanol–water partition coefficient (Wildman–Crippen LogP) is 3.53. The first-order valence-electron chi connectivity index (χ1n) is 7.61. The molecule has 1 aromatic rings. The summed E-state index contributed by atoms with van der Waals surface area (Å²) in [5.74, 6) is -2.23. The zero-order valence-electron chi connectivity index (χ0n) is 14.5. The van der Waals surface area contributed by atoms with Crippen LogP contribution in [0.5, 0.6) is 0 Å². The van der Waals surface area contributed by atoms with Crippen LogP contribution >= 0.6 is 0 Å².